The SMILES string of the molecule is Cc1c(Oc2ccn3ncnc3c2)ccc(Nc2ncnc3ccc(N4CCN[C@H](C5CC5)C4)nc23)c1F. The molecule has 2 N–H and O–H groups in total. The van der Waals surface area contributed by atoms with Gasteiger partial charge in [0.25, 0.3) is 0 Å². The first-order chi connectivity index (χ1) is 18.6. The van der Waals surface area contributed by atoms with Gasteiger partial charge in [-0.15, -0.1) is 0 Å². The number of rotatable bonds is 6. The summed E-state index contributed by atoms with van der Waals surface area (Å²) in [7, 11) is 0. The van der Waals surface area contributed by atoms with Crippen LogP contribution in [0.5, 0.6) is 11.5 Å². The molecule has 0 unspecified atom stereocenters. The second-order valence-corrected chi connectivity index (χ2v) is 9.81. The predicted molar refractivity (Wildman–Crippen MR) is 142 cm³/mol. The lowest BCUT2D eigenvalue weighted by molar-refractivity contribution is 0.417. The average molecular weight is 512 g/mol. The van der Waals surface area contributed by atoms with Crippen LogP contribution in [0.4, 0.5) is 21.7 Å². The first kappa shape index (κ1) is 22.8. The zero-order valence-electron chi connectivity index (χ0n) is 20.8. The van der Waals surface area contributed by atoms with Crippen LogP contribution in [0.15, 0.2) is 55.2 Å². The molecule has 0 bridgehead atoms. The maximum absolute atomic E-state index is 15.5. The normalized spacial score (nSPS) is 17.7. The summed E-state index contributed by atoms with van der Waals surface area (Å²) in [6.07, 6.45) is 7.26. The van der Waals surface area contributed by atoms with Gasteiger partial charge in [0.05, 0.1) is 11.2 Å². The van der Waals surface area contributed by atoms with Crippen LogP contribution in [0.3, 0.4) is 0 Å². The Balaban J connectivity index is 1.15. The van der Waals surface area contributed by atoms with Crippen molar-refractivity contribution < 1.29 is 9.13 Å². The fourth-order valence-corrected chi connectivity index (χ4v) is 4.99. The predicted octanol–water partition coefficient (Wildman–Crippen LogP) is 4.24. The van der Waals surface area contributed by atoms with Crippen molar-refractivity contribution in [2.75, 3.05) is 29.9 Å². The van der Waals surface area contributed by atoms with E-state index in [2.05, 4.69) is 35.6 Å². The lowest BCUT2D eigenvalue weighted by Gasteiger charge is -2.34. The van der Waals surface area contributed by atoms with Crippen molar-refractivity contribution >= 4 is 34.0 Å². The third kappa shape index (κ3) is 4.24. The molecule has 0 radical (unpaired) electrons. The van der Waals surface area contributed by atoms with E-state index in [9.17, 15) is 0 Å². The summed E-state index contributed by atoms with van der Waals surface area (Å²) in [5.41, 5.74) is 2.60. The van der Waals surface area contributed by atoms with Crippen LogP contribution in [0, 0.1) is 18.7 Å². The molecule has 2 fully saturated rings. The van der Waals surface area contributed by atoms with Gasteiger partial charge in [-0.3, -0.25) is 0 Å². The molecule has 11 heteroatoms. The topological polar surface area (TPSA) is 105 Å². The molecule has 0 amide bonds. The summed E-state index contributed by atoms with van der Waals surface area (Å²) < 4.78 is 23.1. The van der Waals surface area contributed by atoms with E-state index in [4.69, 9.17) is 9.72 Å². The van der Waals surface area contributed by atoms with E-state index in [1.165, 1.54) is 25.5 Å². The zero-order valence-corrected chi connectivity index (χ0v) is 20.8. The lowest BCUT2D eigenvalue weighted by Crippen LogP contribution is -2.52. The van der Waals surface area contributed by atoms with E-state index in [0.29, 0.717) is 45.6 Å². The van der Waals surface area contributed by atoms with Crippen molar-refractivity contribution in [3.8, 4) is 11.5 Å². The summed E-state index contributed by atoms with van der Waals surface area (Å²) >= 11 is 0. The standard InChI is InChI=1S/C27H26FN9O/c1-16-22(38-18-8-10-37-24(12-18)31-15-33-37)6-4-19(25(16)28)34-27-26-20(30-14-32-27)5-7-23(35-26)36-11-9-29-21(13-36)17-2-3-17/h4-8,10,12,14-15,17,21,29H,2-3,9,11,13H2,1H3,(H,30,32,34)/t21-/m0/s1. The van der Waals surface area contributed by atoms with Gasteiger partial charge in [-0.05, 0) is 56.0 Å². The molecule has 38 heavy (non-hydrogen) atoms. The van der Waals surface area contributed by atoms with E-state index >= 15 is 4.39 Å². The van der Waals surface area contributed by atoms with Gasteiger partial charge in [0, 0.05) is 43.5 Å². The molecule has 0 spiro atoms. The third-order valence-electron chi connectivity index (χ3n) is 7.26. The number of anilines is 3. The van der Waals surface area contributed by atoms with Crippen LogP contribution < -0.4 is 20.3 Å². The highest BCUT2D eigenvalue weighted by atomic mass is 19.1. The Morgan fingerprint density at radius 3 is 2.89 bits per heavy atom. The highest BCUT2D eigenvalue weighted by molar-refractivity contribution is 5.88. The number of hydrogen-bond donors (Lipinski definition) is 2. The number of ether oxygens (including phenoxy) is 1. The third-order valence-corrected chi connectivity index (χ3v) is 7.26. The molecule has 1 aromatic carbocycles. The Morgan fingerprint density at radius 1 is 1.08 bits per heavy atom. The fraction of sp³-hybridized carbons (Fsp3) is 0.296. The van der Waals surface area contributed by atoms with Crippen LogP contribution in [-0.4, -0.2) is 55.2 Å². The molecule has 1 saturated carbocycles. The Labute approximate surface area is 217 Å². The molecule has 1 aliphatic carbocycles. The van der Waals surface area contributed by atoms with Crippen LogP contribution in [-0.2, 0) is 0 Å². The maximum atomic E-state index is 15.5. The molecule has 5 heterocycles. The number of benzene rings is 1. The number of halogens is 1. The molecule has 10 nitrogen and oxygen atoms in total. The van der Waals surface area contributed by atoms with E-state index in [-0.39, 0.29) is 5.69 Å². The maximum Gasteiger partial charge on any atom is 0.160 e. The van der Waals surface area contributed by atoms with E-state index in [1.54, 1.807) is 41.9 Å². The Kier molecular flexibility index (Phi) is 5.50. The molecule has 192 valence electrons. The van der Waals surface area contributed by atoms with Crippen molar-refractivity contribution in [3.63, 3.8) is 0 Å². The van der Waals surface area contributed by atoms with Crippen LogP contribution in [0.1, 0.15) is 18.4 Å². The van der Waals surface area contributed by atoms with Gasteiger partial charge in [0.2, 0.25) is 0 Å². The smallest absolute Gasteiger partial charge is 0.160 e. The van der Waals surface area contributed by atoms with Crippen molar-refractivity contribution in [2.24, 2.45) is 5.92 Å². The monoisotopic (exact) mass is 511 g/mol. The number of piperazine rings is 1. The first-order valence-electron chi connectivity index (χ1n) is 12.8. The van der Waals surface area contributed by atoms with E-state index < -0.39 is 5.82 Å². The lowest BCUT2D eigenvalue weighted by atomic mass is 10.1. The number of aromatic nitrogens is 6. The van der Waals surface area contributed by atoms with Gasteiger partial charge >= 0.3 is 0 Å². The van der Waals surface area contributed by atoms with E-state index in [0.717, 1.165) is 31.4 Å². The molecule has 1 aliphatic heterocycles. The number of nitrogens with zero attached hydrogens (tertiary/aromatic N) is 7. The molecule has 1 saturated heterocycles. The van der Waals surface area contributed by atoms with Crippen molar-refractivity contribution in [2.45, 2.75) is 25.8 Å². The number of hydrogen-bond acceptors (Lipinski definition) is 9. The number of nitrogens with one attached hydrogen (secondary N) is 2. The second kappa shape index (κ2) is 9.18. The van der Waals surface area contributed by atoms with Crippen molar-refractivity contribution in [1.29, 1.82) is 0 Å². The summed E-state index contributed by atoms with van der Waals surface area (Å²) in [5, 5.41) is 10.8. The molecular formula is C27H26FN9O. The summed E-state index contributed by atoms with van der Waals surface area (Å²) in [6, 6.07) is 11.3. The molecule has 5 aromatic rings. The summed E-state index contributed by atoms with van der Waals surface area (Å²) in [5.74, 6) is 2.63. The van der Waals surface area contributed by atoms with Gasteiger partial charge in [0.1, 0.15) is 35.5 Å². The quantitative estimate of drug-likeness (QED) is 0.346. The van der Waals surface area contributed by atoms with Gasteiger partial charge < -0.3 is 20.3 Å². The minimum atomic E-state index is -0.427. The van der Waals surface area contributed by atoms with Crippen LogP contribution in [0.25, 0.3) is 16.7 Å². The second-order valence-electron chi connectivity index (χ2n) is 9.81. The highest BCUT2D eigenvalue weighted by Crippen LogP contribution is 2.35. The van der Waals surface area contributed by atoms with E-state index in [1.807, 2.05) is 12.1 Å². The summed E-state index contributed by atoms with van der Waals surface area (Å²) in [6.45, 7) is 4.43. The summed E-state index contributed by atoms with van der Waals surface area (Å²) in [4.78, 5) is 20.1. The molecular weight excluding hydrogens is 485 g/mol. The van der Waals surface area contributed by atoms with Gasteiger partial charge in [-0.2, -0.15) is 5.10 Å². The van der Waals surface area contributed by atoms with Crippen molar-refractivity contribution in [1.82, 2.24) is 34.9 Å². The first-order valence-corrected chi connectivity index (χ1v) is 12.8. The fourth-order valence-electron chi connectivity index (χ4n) is 4.99. The van der Waals surface area contributed by atoms with Gasteiger partial charge in [-0.25, -0.2) is 28.8 Å². The highest BCUT2D eigenvalue weighted by Gasteiger charge is 2.34. The van der Waals surface area contributed by atoms with Gasteiger partial charge in [0.15, 0.2) is 17.3 Å². The molecule has 2 aliphatic rings. The molecule has 1 atom stereocenters. The molecule has 7 rings (SSSR count). The van der Waals surface area contributed by atoms with Crippen LogP contribution >= 0.6 is 0 Å². The number of pyridine rings is 2. The van der Waals surface area contributed by atoms with Crippen LogP contribution in [0.2, 0.25) is 0 Å². The average Bonchev–Trinajstić information content (AvgIpc) is 3.70. The van der Waals surface area contributed by atoms with Gasteiger partial charge in [-0.1, -0.05) is 0 Å². The Morgan fingerprint density at radius 2 is 2.00 bits per heavy atom. The minimum absolute atomic E-state index is 0.283. The largest absolute Gasteiger partial charge is 0.457 e. The minimum Gasteiger partial charge on any atom is -0.457 e. The molecule has 4 aromatic heterocycles. The Bertz CT molecular complexity index is 1650. The zero-order chi connectivity index (χ0) is 25.6. The number of fused-ring (bicyclic) bond motifs is 2. The van der Waals surface area contributed by atoms with Crippen molar-refractivity contribution in [3.05, 3.63) is 66.6 Å². The Hall–Kier alpha value is -4.38.